The average molecular weight is 404 g/mol. The third kappa shape index (κ3) is 7.79. The summed E-state index contributed by atoms with van der Waals surface area (Å²) in [5, 5.41) is 6.09. The van der Waals surface area contributed by atoms with Crippen molar-refractivity contribution in [3.8, 4) is 0 Å². The van der Waals surface area contributed by atoms with E-state index in [1.165, 1.54) is 19.3 Å². The van der Waals surface area contributed by atoms with Crippen molar-refractivity contribution in [2.45, 2.75) is 45.4 Å². The van der Waals surface area contributed by atoms with Crippen LogP contribution in [0.2, 0.25) is 0 Å². The second-order valence-corrected chi connectivity index (χ2v) is 6.33. The van der Waals surface area contributed by atoms with Crippen molar-refractivity contribution in [2.75, 3.05) is 5.32 Å². The smallest absolute Gasteiger partial charge is 0.226 e. The Morgan fingerprint density at radius 1 is 1.15 bits per heavy atom. The molecule has 1 aromatic rings. The van der Waals surface area contributed by atoms with E-state index in [1.54, 1.807) is 0 Å². The molecule has 1 rings (SSSR count). The quantitative estimate of drug-likeness (QED) is 0.401. The van der Waals surface area contributed by atoms with Gasteiger partial charge in [-0.05, 0) is 65.5 Å². The lowest BCUT2D eigenvalue weighted by Crippen LogP contribution is -2.33. The Labute approximate surface area is 140 Å². The first-order valence-corrected chi connectivity index (χ1v) is 8.47. The van der Waals surface area contributed by atoms with Gasteiger partial charge in [-0.2, -0.15) is 0 Å². The largest absolute Gasteiger partial charge is 0.332 e. The van der Waals surface area contributed by atoms with Gasteiger partial charge in [0.15, 0.2) is 5.11 Å². The summed E-state index contributed by atoms with van der Waals surface area (Å²) in [5.41, 5.74) is 0.888. The van der Waals surface area contributed by atoms with Crippen LogP contribution in [-0.2, 0) is 4.79 Å². The molecule has 0 bridgehead atoms. The molecule has 0 spiro atoms. The number of hydrogen-bond acceptors (Lipinski definition) is 2. The number of halogens is 1. The zero-order valence-electron chi connectivity index (χ0n) is 11.7. The van der Waals surface area contributed by atoms with Gasteiger partial charge in [0.1, 0.15) is 0 Å². The number of thiocarbonyl (C=S) groups is 1. The molecule has 0 aliphatic heterocycles. The maximum atomic E-state index is 11.7. The van der Waals surface area contributed by atoms with Crippen LogP contribution >= 0.6 is 34.8 Å². The minimum Gasteiger partial charge on any atom is -0.332 e. The minimum atomic E-state index is -0.00971. The number of anilines is 1. The van der Waals surface area contributed by atoms with Gasteiger partial charge in [-0.25, -0.2) is 0 Å². The molecular formula is C15H21IN2OS. The molecule has 3 nitrogen and oxygen atoms in total. The second-order valence-electron chi connectivity index (χ2n) is 4.67. The molecule has 0 heterocycles. The van der Waals surface area contributed by atoms with Gasteiger partial charge in [0.2, 0.25) is 5.91 Å². The Balaban J connectivity index is 2.21. The fourth-order valence-corrected chi connectivity index (χ4v) is 2.37. The Hall–Kier alpha value is -0.690. The van der Waals surface area contributed by atoms with Gasteiger partial charge < -0.3 is 10.6 Å². The summed E-state index contributed by atoms with van der Waals surface area (Å²) in [5.74, 6) is -0.00971. The van der Waals surface area contributed by atoms with Crippen LogP contribution in [0, 0.1) is 3.57 Å². The van der Waals surface area contributed by atoms with E-state index in [0.29, 0.717) is 11.5 Å². The molecule has 2 N–H and O–H groups in total. The number of benzene rings is 1. The number of carbonyl (C=O) groups excluding carboxylic acids is 1. The molecule has 0 aromatic heterocycles. The van der Waals surface area contributed by atoms with Crippen LogP contribution in [0.4, 0.5) is 5.69 Å². The lowest BCUT2D eigenvalue weighted by molar-refractivity contribution is -0.119. The highest BCUT2D eigenvalue weighted by Gasteiger charge is 2.04. The summed E-state index contributed by atoms with van der Waals surface area (Å²) < 4.78 is 1.16. The molecular weight excluding hydrogens is 383 g/mol. The van der Waals surface area contributed by atoms with Crippen molar-refractivity contribution in [3.63, 3.8) is 0 Å². The maximum Gasteiger partial charge on any atom is 0.226 e. The molecule has 0 radical (unpaired) electrons. The zero-order chi connectivity index (χ0) is 14.8. The highest BCUT2D eigenvalue weighted by molar-refractivity contribution is 14.1. The Morgan fingerprint density at radius 3 is 2.45 bits per heavy atom. The first-order valence-electron chi connectivity index (χ1n) is 6.98. The number of hydrogen-bond donors (Lipinski definition) is 2. The SMILES string of the molecule is CCCCCCCC(=O)NC(=S)Nc1ccc(I)cc1. The molecule has 20 heavy (non-hydrogen) atoms. The van der Waals surface area contributed by atoms with Crippen LogP contribution in [0.1, 0.15) is 45.4 Å². The lowest BCUT2D eigenvalue weighted by atomic mass is 10.1. The summed E-state index contributed by atoms with van der Waals surface area (Å²) in [6.07, 6.45) is 6.24. The van der Waals surface area contributed by atoms with Crippen LogP contribution in [0.3, 0.4) is 0 Å². The van der Waals surface area contributed by atoms with Gasteiger partial charge >= 0.3 is 0 Å². The third-order valence-corrected chi connectivity index (χ3v) is 3.79. The minimum absolute atomic E-state index is 0.00971. The van der Waals surface area contributed by atoms with Gasteiger partial charge in [0.05, 0.1) is 0 Å². The van der Waals surface area contributed by atoms with E-state index < -0.39 is 0 Å². The van der Waals surface area contributed by atoms with E-state index in [4.69, 9.17) is 12.2 Å². The van der Waals surface area contributed by atoms with Gasteiger partial charge in [0, 0.05) is 15.7 Å². The zero-order valence-corrected chi connectivity index (χ0v) is 14.7. The predicted octanol–water partition coefficient (Wildman–Crippen LogP) is 4.46. The van der Waals surface area contributed by atoms with E-state index in [2.05, 4.69) is 40.1 Å². The molecule has 1 aromatic carbocycles. The molecule has 0 saturated heterocycles. The first kappa shape index (κ1) is 17.4. The summed E-state index contributed by atoms with van der Waals surface area (Å²) in [6, 6.07) is 7.85. The van der Waals surface area contributed by atoms with Crippen molar-refractivity contribution in [1.29, 1.82) is 0 Å². The first-order chi connectivity index (χ1) is 9.61. The lowest BCUT2D eigenvalue weighted by Gasteiger charge is -2.09. The maximum absolute atomic E-state index is 11.7. The normalized spacial score (nSPS) is 10.1. The molecule has 0 aliphatic rings. The van der Waals surface area contributed by atoms with E-state index in [9.17, 15) is 4.79 Å². The van der Waals surface area contributed by atoms with Crippen LogP contribution in [-0.4, -0.2) is 11.0 Å². The number of unbranched alkanes of at least 4 members (excludes halogenated alkanes) is 4. The Kier molecular flexibility index (Phi) is 8.77. The number of amides is 1. The monoisotopic (exact) mass is 404 g/mol. The van der Waals surface area contributed by atoms with Gasteiger partial charge in [-0.3, -0.25) is 4.79 Å². The summed E-state index contributed by atoms with van der Waals surface area (Å²) in [4.78, 5) is 11.7. The van der Waals surface area contributed by atoms with Gasteiger partial charge in [-0.1, -0.05) is 32.6 Å². The Morgan fingerprint density at radius 2 is 1.80 bits per heavy atom. The predicted molar refractivity (Wildman–Crippen MR) is 96.9 cm³/mol. The van der Waals surface area contributed by atoms with E-state index in [1.807, 2.05) is 24.3 Å². The van der Waals surface area contributed by atoms with Gasteiger partial charge in [0.25, 0.3) is 0 Å². The molecule has 0 atom stereocenters. The molecule has 5 heteroatoms. The third-order valence-electron chi connectivity index (χ3n) is 2.86. The van der Waals surface area contributed by atoms with Crippen LogP contribution < -0.4 is 10.6 Å². The Bertz CT molecular complexity index is 434. The van der Waals surface area contributed by atoms with Crippen molar-refractivity contribution in [1.82, 2.24) is 5.32 Å². The van der Waals surface area contributed by atoms with Crippen molar-refractivity contribution in [2.24, 2.45) is 0 Å². The molecule has 110 valence electrons. The number of rotatable bonds is 7. The van der Waals surface area contributed by atoms with Crippen LogP contribution in [0.25, 0.3) is 0 Å². The average Bonchev–Trinajstić information content (AvgIpc) is 2.41. The highest BCUT2D eigenvalue weighted by atomic mass is 127. The molecule has 1 amide bonds. The van der Waals surface area contributed by atoms with Gasteiger partial charge in [-0.15, -0.1) is 0 Å². The molecule has 0 aliphatic carbocycles. The fourth-order valence-electron chi connectivity index (χ4n) is 1.77. The number of carbonyl (C=O) groups is 1. The fraction of sp³-hybridized carbons (Fsp3) is 0.467. The standard InChI is InChI=1S/C15H21IN2OS/c1-2-3-4-5-6-7-14(19)18-15(20)17-13-10-8-12(16)9-11-13/h8-11H,2-7H2,1H3,(H2,17,18,19,20). The highest BCUT2D eigenvalue weighted by Crippen LogP contribution is 2.11. The molecule has 0 saturated carbocycles. The second kappa shape index (κ2) is 10.1. The summed E-state index contributed by atoms with van der Waals surface area (Å²) in [6.45, 7) is 2.18. The van der Waals surface area contributed by atoms with E-state index in [-0.39, 0.29) is 5.91 Å². The van der Waals surface area contributed by atoms with Crippen LogP contribution in [0.5, 0.6) is 0 Å². The van der Waals surface area contributed by atoms with E-state index in [0.717, 1.165) is 22.1 Å². The molecule has 0 fully saturated rings. The van der Waals surface area contributed by atoms with Crippen molar-refractivity contribution < 1.29 is 4.79 Å². The number of nitrogens with one attached hydrogen (secondary N) is 2. The summed E-state index contributed by atoms with van der Waals surface area (Å²) >= 11 is 7.36. The van der Waals surface area contributed by atoms with E-state index >= 15 is 0 Å². The molecule has 0 unspecified atom stereocenters. The van der Waals surface area contributed by atoms with Crippen molar-refractivity contribution in [3.05, 3.63) is 27.8 Å². The van der Waals surface area contributed by atoms with Crippen LogP contribution in [0.15, 0.2) is 24.3 Å². The van der Waals surface area contributed by atoms with Crippen molar-refractivity contribution >= 4 is 51.5 Å². The summed E-state index contributed by atoms with van der Waals surface area (Å²) in [7, 11) is 0. The topological polar surface area (TPSA) is 41.1 Å².